The van der Waals surface area contributed by atoms with Gasteiger partial charge in [-0.25, -0.2) is 0 Å². The molecule has 2 N–H and O–H groups in total. The topological polar surface area (TPSA) is 24.1 Å². The predicted molar refractivity (Wildman–Crippen MR) is 63.8 cm³/mol. The average Bonchev–Trinajstić information content (AvgIpc) is 2.55. The second-order valence-electron chi connectivity index (χ2n) is 3.93. The normalized spacial score (nSPS) is 13.4. The van der Waals surface area contributed by atoms with Crippen LogP contribution in [0.5, 0.6) is 0 Å². The number of hydrogen-bond donors (Lipinski definition) is 2. The van der Waals surface area contributed by atoms with E-state index in [1.807, 2.05) is 0 Å². The van der Waals surface area contributed by atoms with Crippen molar-refractivity contribution in [1.82, 2.24) is 10.6 Å². The monoisotopic (exact) mass is 212 g/mol. The molecule has 0 radical (unpaired) electrons. The minimum Gasteiger partial charge on any atom is -0.311 e. The Labute approximate surface area is 90.7 Å². The van der Waals surface area contributed by atoms with E-state index in [1.165, 1.54) is 4.88 Å². The molecule has 0 spiro atoms. The third-order valence-electron chi connectivity index (χ3n) is 1.95. The summed E-state index contributed by atoms with van der Waals surface area (Å²) in [5, 5.41) is 9.02. The van der Waals surface area contributed by atoms with Crippen LogP contribution in [-0.4, -0.2) is 18.6 Å². The molecule has 0 fully saturated rings. The Morgan fingerprint density at radius 2 is 2.14 bits per heavy atom. The number of hydrogen-bond acceptors (Lipinski definition) is 3. The lowest BCUT2D eigenvalue weighted by Crippen LogP contribution is -2.39. The first-order valence-electron chi connectivity index (χ1n) is 5.17. The predicted octanol–water partition coefficient (Wildman–Crippen LogP) is 2.22. The van der Waals surface area contributed by atoms with Crippen LogP contribution in [0.2, 0.25) is 0 Å². The Kier molecular flexibility index (Phi) is 5.15. The van der Waals surface area contributed by atoms with Crippen molar-refractivity contribution in [3.63, 3.8) is 0 Å². The van der Waals surface area contributed by atoms with Crippen molar-refractivity contribution in [2.45, 2.75) is 39.4 Å². The fourth-order valence-corrected chi connectivity index (χ4v) is 2.13. The van der Waals surface area contributed by atoms with Gasteiger partial charge in [-0.05, 0) is 18.4 Å². The summed E-state index contributed by atoms with van der Waals surface area (Å²) in [6.45, 7) is 8.57. The molecule has 1 rings (SSSR count). The van der Waals surface area contributed by atoms with Gasteiger partial charge in [0.2, 0.25) is 0 Å². The fourth-order valence-electron chi connectivity index (χ4n) is 1.45. The summed E-state index contributed by atoms with van der Waals surface area (Å²) < 4.78 is 0. The van der Waals surface area contributed by atoms with E-state index in [2.05, 4.69) is 48.9 Å². The van der Waals surface area contributed by atoms with Gasteiger partial charge in [0.15, 0.2) is 0 Å². The lowest BCUT2D eigenvalue weighted by molar-refractivity contribution is 0.461. The summed E-state index contributed by atoms with van der Waals surface area (Å²) in [5.74, 6) is 0. The standard InChI is InChI=1S/C11H20N2S/c1-9(2)13-10(3)7-12-8-11-5-4-6-14-11/h4-6,9-10,12-13H,7-8H2,1-3H3. The molecule has 1 aromatic rings. The molecule has 0 amide bonds. The number of thiophene rings is 1. The van der Waals surface area contributed by atoms with Crippen LogP contribution < -0.4 is 10.6 Å². The molecule has 0 aliphatic heterocycles. The van der Waals surface area contributed by atoms with E-state index < -0.39 is 0 Å². The highest BCUT2D eigenvalue weighted by Crippen LogP contribution is 2.07. The van der Waals surface area contributed by atoms with Crippen LogP contribution >= 0.6 is 11.3 Å². The molecule has 14 heavy (non-hydrogen) atoms. The third-order valence-corrected chi connectivity index (χ3v) is 2.82. The summed E-state index contributed by atoms with van der Waals surface area (Å²) >= 11 is 1.81. The Bertz CT molecular complexity index is 231. The van der Waals surface area contributed by atoms with Crippen LogP contribution in [0, 0.1) is 0 Å². The van der Waals surface area contributed by atoms with Crippen LogP contribution in [0.3, 0.4) is 0 Å². The van der Waals surface area contributed by atoms with Gasteiger partial charge in [0, 0.05) is 30.1 Å². The highest BCUT2D eigenvalue weighted by atomic mass is 32.1. The number of nitrogens with one attached hydrogen (secondary N) is 2. The van der Waals surface area contributed by atoms with Gasteiger partial charge in [-0.3, -0.25) is 0 Å². The summed E-state index contributed by atoms with van der Waals surface area (Å²) in [6, 6.07) is 5.36. The van der Waals surface area contributed by atoms with Crippen LogP contribution in [-0.2, 0) is 6.54 Å². The summed E-state index contributed by atoms with van der Waals surface area (Å²) in [5.41, 5.74) is 0. The minimum atomic E-state index is 0.537. The molecule has 0 aliphatic rings. The van der Waals surface area contributed by atoms with E-state index in [9.17, 15) is 0 Å². The molecule has 80 valence electrons. The Balaban J connectivity index is 2.09. The smallest absolute Gasteiger partial charge is 0.0300 e. The molecule has 3 heteroatoms. The minimum absolute atomic E-state index is 0.537. The van der Waals surface area contributed by atoms with Crippen molar-refractivity contribution >= 4 is 11.3 Å². The van der Waals surface area contributed by atoms with Crippen molar-refractivity contribution in [3.05, 3.63) is 22.4 Å². The van der Waals surface area contributed by atoms with E-state index in [1.54, 1.807) is 11.3 Å². The van der Waals surface area contributed by atoms with Gasteiger partial charge in [0.25, 0.3) is 0 Å². The zero-order chi connectivity index (χ0) is 10.4. The van der Waals surface area contributed by atoms with Gasteiger partial charge in [-0.1, -0.05) is 19.9 Å². The molecule has 0 saturated heterocycles. The van der Waals surface area contributed by atoms with Gasteiger partial charge < -0.3 is 10.6 Å². The first kappa shape index (κ1) is 11.7. The van der Waals surface area contributed by atoms with Crippen molar-refractivity contribution in [3.8, 4) is 0 Å². The third kappa shape index (κ3) is 4.74. The fraction of sp³-hybridized carbons (Fsp3) is 0.636. The zero-order valence-corrected chi connectivity index (χ0v) is 10.0. The Morgan fingerprint density at radius 3 is 2.71 bits per heavy atom. The lowest BCUT2D eigenvalue weighted by Gasteiger charge is -2.16. The van der Waals surface area contributed by atoms with Crippen LogP contribution in [0.1, 0.15) is 25.6 Å². The first-order chi connectivity index (χ1) is 6.68. The SMILES string of the molecule is CC(C)NC(C)CNCc1cccs1. The van der Waals surface area contributed by atoms with Gasteiger partial charge >= 0.3 is 0 Å². The van der Waals surface area contributed by atoms with E-state index in [0.717, 1.165) is 13.1 Å². The van der Waals surface area contributed by atoms with E-state index >= 15 is 0 Å². The van der Waals surface area contributed by atoms with Gasteiger partial charge in [0.05, 0.1) is 0 Å². The van der Waals surface area contributed by atoms with E-state index in [4.69, 9.17) is 0 Å². The van der Waals surface area contributed by atoms with Crippen LogP contribution in [0.15, 0.2) is 17.5 Å². The number of rotatable bonds is 6. The molecule has 1 heterocycles. The lowest BCUT2D eigenvalue weighted by atomic mass is 10.3. The Morgan fingerprint density at radius 1 is 1.36 bits per heavy atom. The van der Waals surface area contributed by atoms with Gasteiger partial charge in [-0.2, -0.15) is 0 Å². The van der Waals surface area contributed by atoms with Crippen LogP contribution in [0.25, 0.3) is 0 Å². The molecule has 0 aliphatic carbocycles. The summed E-state index contributed by atoms with van der Waals surface area (Å²) in [6.07, 6.45) is 0. The second kappa shape index (κ2) is 6.17. The van der Waals surface area contributed by atoms with Crippen LogP contribution in [0.4, 0.5) is 0 Å². The van der Waals surface area contributed by atoms with Crippen molar-refractivity contribution in [1.29, 1.82) is 0 Å². The van der Waals surface area contributed by atoms with E-state index in [0.29, 0.717) is 12.1 Å². The molecule has 1 aromatic heterocycles. The van der Waals surface area contributed by atoms with Gasteiger partial charge in [0.1, 0.15) is 0 Å². The largest absolute Gasteiger partial charge is 0.311 e. The molecule has 0 saturated carbocycles. The summed E-state index contributed by atoms with van der Waals surface area (Å²) in [4.78, 5) is 1.40. The van der Waals surface area contributed by atoms with Gasteiger partial charge in [-0.15, -0.1) is 11.3 Å². The quantitative estimate of drug-likeness (QED) is 0.755. The van der Waals surface area contributed by atoms with E-state index in [-0.39, 0.29) is 0 Å². The molecular weight excluding hydrogens is 192 g/mol. The maximum absolute atomic E-state index is 3.46. The van der Waals surface area contributed by atoms with Crippen molar-refractivity contribution < 1.29 is 0 Å². The second-order valence-corrected chi connectivity index (χ2v) is 4.96. The summed E-state index contributed by atoms with van der Waals surface area (Å²) in [7, 11) is 0. The Hall–Kier alpha value is -0.380. The average molecular weight is 212 g/mol. The molecule has 1 atom stereocenters. The highest BCUT2D eigenvalue weighted by Gasteiger charge is 2.02. The molecule has 0 aromatic carbocycles. The molecule has 2 nitrogen and oxygen atoms in total. The highest BCUT2D eigenvalue weighted by molar-refractivity contribution is 7.09. The molecule has 1 unspecified atom stereocenters. The first-order valence-corrected chi connectivity index (χ1v) is 6.05. The molecule has 0 bridgehead atoms. The maximum Gasteiger partial charge on any atom is 0.0300 e. The van der Waals surface area contributed by atoms with Crippen molar-refractivity contribution in [2.75, 3.05) is 6.54 Å². The zero-order valence-electron chi connectivity index (χ0n) is 9.21. The maximum atomic E-state index is 3.46. The molecular formula is C11H20N2S. The van der Waals surface area contributed by atoms with Crippen molar-refractivity contribution in [2.24, 2.45) is 0 Å².